The highest BCUT2D eigenvalue weighted by molar-refractivity contribution is 7.90. The van der Waals surface area contributed by atoms with Crippen LogP contribution in [0.25, 0.3) is 0 Å². The summed E-state index contributed by atoms with van der Waals surface area (Å²) in [4.78, 5) is 4.41. The maximum absolute atomic E-state index is 12.2. The number of aryl methyl sites for hydroxylation is 1. The van der Waals surface area contributed by atoms with E-state index in [0.29, 0.717) is 5.95 Å². The Bertz CT molecular complexity index is 1090. The van der Waals surface area contributed by atoms with Crippen molar-refractivity contribution in [3.8, 4) is 0 Å². The van der Waals surface area contributed by atoms with Crippen LogP contribution in [0.5, 0.6) is 0 Å². The smallest absolute Gasteiger partial charge is 0.303 e. The van der Waals surface area contributed by atoms with Gasteiger partial charge in [-0.05, 0) is 24.5 Å². The van der Waals surface area contributed by atoms with Crippen molar-refractivity contribution in [1.29, 1.82) is 0 Å². The van der Waals surface area contributed by atoms with Crippen molar-refractivity contribution < 1.29 is 8.42 Å². The van der Waals surface area contributed by atoms with Crippen molar-refractivity contribution in [3.63, 3.8) is 0 Å². The predicted molar refractivity (Wildman–Crippen MR) is 113 cm³/mol. The molecule has 0 fully saturated rings. The van der Waals surface area contributed by atoms with Gasteiger partial charge in [-0.2, -0.15) is 17.7 Å². The van der Waals surface area contributed by atoms with Crippen LogP contribution in [0.2, 0.25) is 0 Å². The standard InChI is InChI=1S/C20H24N6O2S/c1-14-9-11-16(12-10-14)18-13-17(15-7-5-4-6-8-15)21-20-22-19(23-26(18)20)24-29(27,28)25(2)3/h4-12,17-18H,13H2,1-3H3,(H2,21,22,23,24)/t17-,18-/m1/s1. The fraction of sp³-hybridized carbons (Fsp3) is 0.300. The Balaban J connectivity index is 1.74. The number of nitrogens with zero attached hydrogens (tertiary/aromatic N) is 4. The maximum Gasteiger partial charge on any atom is 0.303 e. The minimum Gasteiger partial charge on any atom is -0.347 e. The van der Waals surface area contributed by atoms with Crippen LogP contribution in [-0.2, 0) is 10.2 Å². The topological polar surface area (TPSA) is 92.2 Å². The van der Waals surface area contributed by atoms with E-state index in [0.717, 1.165) is 21.9 Å². The van der Waals surface area contributed by atoms with E-state index in [1.165, 1.54) is 19.7 Å². The molecule has 152 valence electrons. The van der Waals surface area contributed by atoms with E-state index in [1.807, 2.05) is 25.1 Å². The molecule has 0 saturated heterocycles. The number of fused-ring (bicyclic) bond motifs is 1. The monoisotopic (exact) mass is 412 g/mol. The van der Waals surface area contributed by atoms with E-state index in [-0.39, 0.29) is 18.0 Å². The van der Waals surface area contributed by atoms with Gasteiger partial charge in [0.1, 0.15) is 0 Å². The Morgan fingerprint density at radius 3 is 2.41 bits per heavy atom. The van der Waals surface area contributed by atoms with Crippen LogP contribution in [0.15, 0.2) is 54.6 Å². The molecule has 2 atom stereocenters. The van der Waals surface area contributed by atoms with Crippen molar-refractivity contribution in [1.82, 2.24) is 19.1 Å². The molecule has 0 radical (unpaired) electrons. The average molecular weight is 413 g/mol. The first kappa shape index (κ1) is 19.4. The molecule has 2 N–H and O–H groups in total. The summed E-state index contributed by atoms with van der Waals surface area (Å²) in [7, 11) is -0.776. The van der Waals surface area contributed by atoms with E-state index in [1.54, 1.807) is 4.68 Å². The molecular formula is C20H24N6O2S. The van der Waals surface area contributed by atoms with Gasteiger partial charge in [0.25, 0.3) is 5.95 Å². The van der Waals surface area contributed by atoms with Gasteiger partial charge in [0, 0.05) is 14.1 Å². The Morgan fingerprint density at radius 1 is 1.07 bits per heavy atom. The third kappa shape index (κ3) is 3.96. The van der Waals surface area contributed by atoms with Crippen molar-refractivity contribution in [2.45, 2.75) is 25.4 Å². The lowest BCUT2D eigenvalue weighted by atomic mass is 9.93. The van der Waals surface area contributed by atoms with Crippen LogP contribution in [-0.4, -0.2) is 41.6 Å². The molecule has 1 aliphatic rings. The first-order chi connectivity index (χ1) is 13.8. The van der Waals surface area contributed by atoms with E-state index in [4.69, 9.17) is 0 Å². The molecule has 29 heavy (non-hydrogen) atoms. The summed E-state index contributed by atoms with van der Waals surface area (Å²) in [6.45, 7) is 2.05. The van der Waals surface area contributed by atoms with E-state index >= 15 is 0 Å². The molecule has 0 saturated carbocycles. The number of rotatable bonds is 5. The molecule has 0 aliphatic carbocycles. The van der Waals surface area contributed by atoms with Crippen molar-refractivity contribution in [2.24, 2.45) is 0 Å². The molecule has 4 rings (SSSR count). The summed E-state index contributed by atoms with van der Waals surface area (Å²) in [6, 6.07) is 18.4. The Kier molecular flexibility index (Phi) is 5.01. The Morgan fingerprint density at radius 2 is 1.76 bits per heavy atom. The van der Waals surface area contributed by atoms with Crippen LogP contribution >= 0.6 is 0 Å². The van der Waals surface area contributed by atoms with E-state index in [9.17, 15) is 8.42 Å². The third-order valence-corrected chi connectivity index (χ3v) is 6.46. The molecule has 8 nitrogen and oxygen atoms in total. The molecule has 0 bridgehead atoms. The van der Waals surface area contributed by atoms with E-state index in [2.05, 4.69) is 56.5 Å². The number of nitrogens with one attached hydrogen (secondary N) is 2. The molecule has 1 aliphatic heterocycles. The molecule has 3 aromatic rings. The SMILES string of the molecule is Cc1ccc([C@H]2C[C@H](c3ccccc3)Nc3nc(NS(=O)(=O)N(C)C)nn32)cc1. The lowest BCUT2D eigenvalue weighted by Gasteiger charge is -2.31. The van der Waals surface area contributed by atoms with Crippen LogP contribution in [0, 0.1) is 6.92 Å². The Hall–Kier alpha value is -2.91. The van der Waals surface area contributed by atoms with Crippen LogP contribution < -0.4 is 10.0 Å². The highest BCUT2D eigenvalue weighted by Gasteiger charge is 2.31. The second kappa shape index (κ2) is 7.49. The molecule has 2 heterocycles. The number of hydrogen-bond donors (Lipinski definition) is 2. The lowest BCUT2D eigenvalue weighted by molar-refractivity contribution is 0.431. The number of aromatic nitrogens is 3. The zero-order valence-corrected chi connectivity index (χ0v) is 17.4. The molecule has 2 aromatic carbocycles. The molecule has 1 aromatic heterocycles. The number of hydrogen-bond acceptors (Lipinski definition) is 5. The van der Waals surface area contributed by atoms with Crippen molar-refractivity contribution in [2.75, 3.05) is 24.1 Å². The summed E-state index contributed by atoms with van der Waals surface area (Å²) in [5, 5.41) is 7.85. The van der Waals surface area contributed by atoms with Crippen molar-refractivity contribution in [3.05, 3.63) is 71.3 Å². The van der Waals surface area contributed by atoms with Crippen LogP contribution in [0.1, 0.15) is 35.2 Å². The van der Waals surface area contributed by atoms with Gasteiger partial charge in [-0.25, -0.2) is 9.40 Å². The number of anilines is 2. The molecular weight excluding hydrogens is 388 g/mol. The summed E-state index contributed by atoms with van der Waals surface area (Å²) in [5.41, 5.74) is 3.43. The summed E-state index contributed by atoms with van der Waals surface area (Å²) in [6.07, 6.45) is 0.767. The minimum atomic E-state index is -3.69. The van der Waals surface area contributed by atoms with Gasteiger partial charge in [-0.3, -0.25) is 0 Å². The highest BCUT2D eigenvalue weighted by Crippen LogP contribution is 2.38. The van der Waals surface area contributed by atoms with Gasteiger partial charge in [-0.15, -0.1) is 5.10 Å². The second-order valence-corrected chi connectivity index (χ2v) is 9.25. The zero-order valence-electron chi connectivity index (χ0n) is 16.6. The lowest BCUT2D eigenvalue weighted by Crippen LogP contribution is -2.29. The highest BCUT2D eigenvalue weighted by atomic mass is 32.2. The van der Waals surface area contributed by atoms with Gasteiger partial charge in [-0.1, -0.05) is 60.2 Å². The molecule has 9 heteroatoms. The van der Waals surface area contributed by atoms with Gasteiger partial charge >= 0.3 is 10.2 Å². The molecule has 0 amide bonds. The Labute approximate surface area is 170 Å². The summed E-state index contributed by atoms with van der Waals surface area (Å²) in [5.74, 6) is 0.583. The average Bonchev–Trinajstić information content (AvgIpc) is 3.10. The summed E-state index contributed by atoms with van der Waals surface area (Å²) >= 11 is 0. The van der Waals surface area contributed by atoms with Gasteiger partial charge in [0.15, 0.2) is 0 Å². The maximum atomic E-state index is 12.2. The third-order valence-electron chi connectivity index (χ3n) is 5.05. The normalized spacial score (nSPS) is 18.9. The number of benzene rings is 2. The minimum absolute atomic E-state index is 0.0394. The van der Waals surface area contributed by atoms with Gasteiger partial charge in [0.05, 0.1) is 12.1 Å². The van der Waals surface area contributed by atoms with Crippen LogP contribution in [0.3, 0.4) is 0 Å². The predicted octanol–water partition coefficient (Wildman–Crippen LogP) is 2.95. The molecule has 0 unspecified atom stereocenters. The fourth-order valence-electron chi connectivity index (χ4n) is 3.40. The first-order valence-electron chi connectivity index (χ1n) is 9.38. The zero-order chi connectivity index (χ0) is 20.6. The fourth-order valence-corrected chi connectivity index (χ4v) is 3.90. The van der Waals surface area contributed by atoms with Gasteiger partial charge < -0.3 is 5.32 Å². The summed E-state index contributed by atoms with van der Waals surface area (Å²) < 4.78 is 29.7. The van der Waals surface area contributed by atoms with Crippen LogP contribution in [0.4, 0.5) is 11.9 Å². The van der Waals surface area contributed by atoms with Gasteiger partial charge in [0.2, 0.25) is 5.95 Å². The quantitative estimate of drug-likeness (QED) is 0.672. The van der Waals surface area contributed by atoms with Crippen molar-refractivity contribution >= 4 is 22.1 Å². The molecule has 0 spiro atoms. The first-order valence-corrected chi connectivity index (χ1v) is 10.8. The largest absolute Gasteiger partial charge is 0.347 e. The van der Waals surface area contributed by atoms with E-state index < -0.39 is 10.2 Å². The second-order valence-electron chi connectivity index (χ2n) is 7.36.